The summed E-state index contributed by atoms with van der Waals surface area (Å²) in [5.74, 6) is 1.96. The van der Waals surface area contributed by atoms with E-state index in [1.165, 1.54) is 0 Å². The first-order valence-corrected chi connectivity index (χ1v) is 9.73. The molecule has 1 N–H and O–H groups in total. The quantitative estimate of drug-likeness (QED) is 0.690. The summed E-state index contributed by atoms with van der Waals surface area (Å²) < 4.78 is 18.3. The van der Waals surface area contributed by atoms with Gasteiger partial charge in [0.15, 0.2) is 0 Å². The fraction of sp³-hybridized carbons (Fsp3) is 0.261. The minimum Gasteiger partial charge on any atom is -0.497 e. The second kappa shape index (κ2) is 8.41. The molecule has 1 aliphatic heterocycles. The van der Waals surface area contributed by atoms with E-state index in [-0.39, 0.29) is 12.1 Å². The molecule has 1 unspecified atom stereocenters. The molecule has 7 nitrogen and oxygen atoms in total. The summed E-state index contributed by atoms with van der Waals surface area (Å²) in [5.41, 5.74) is 2.64. The average molecular weight is 407 g/mol. The molecule has 0 bridgehead atoms. The number of aromatic nitrogens is 1. The van der Waals surface area contributed by atoms with E-state index in [1.807, 2.05) is 41.4 Å². The number of hydrogen-bond acceptors (Lipinski definition) is 4. The molecular formula is C23H25N3O4. The van der Waals surface area contributed by atoms with Crippen molar-refractivity contribution in [3.8, 4) is 17.2 Å². The number of amides is 2. The number of carbonyl (C=O) groups is 1. The number of rotatable bonds is 5. The summed E-state index contributed by atoms with van der Waals surface area (Å²) in [6.45, 7) is 1.31. The minimum absolute atomic E-state index is 0.196. The van der Waals surface area contributed by atoms with Crippen molar-refractivity contribution in [2.24, 2.45) is 0 Å². The van der Waals surface area contributed by atoms with Crippen molar-refractivity contribution in [3.63, 3.8) is 0 Å². The van der Waals surface area contributed by atoms with Crippen LogP contribution in [0.2, 0.25) is 0 Å². The van der Waals surface area contributed by atoms with Crippen molar-refractivity contribution in [2.75, 3.05) is 33.2 Å². The highest BCUT2D eigenvalue weighted by Gasteiger charge is 2.32. The molecule has 0 saturated carbocycles. The molecule has 2 amide bonds. The van der Waals surface area contributed by atoms with Gasteiger partial charge >= 0.3 is 6.03 Å². The van der Waals surface area contributed by atoms with Crippen LogP contribution >= 0.6 is 0 Å². The van der Waals surface area contributed by atoms with E-state index in [1.54, 1.807) is 39.5 Å². The van der Waals surface area contributed by atoms with Gasteiger partial charge in [-0.25, -0.2) is 4.79 Å². The summed E-state index contributed by atoms with van der Waals surface area (Å²) in [6.07, 6.45) is 2.05. The molecule has 4 rings (SSSR count). The Balaban J connectivity index is 1.67. The normalized spacial score (nSPS) is 15.3. The number of nitrogens with zero attached hydrogens (tertiary/aromatic N) is 2. The molecule has 0 spiro atoms. The van der Waals surface area contributed by atoms with Gasteiger partial charge in [0.1, 0.15) is 17.2 Å². The number of benzene rings is 2. The first-order chi connectivity index (χ1) is 14.6. The first-order valence-electron chi connectivity index (χ1n) is 9.73. The lowest BCUT2D eigenvalue weighted by molar-refractivity contribution is 0.181. The van der Waals surface area contributed by atoms with E-state index < -0.39 is 0 Å². The third kappa shape index (κ3) is 3.66. The Morgan fingerprint density at radius 3 is 2.50 bits per heavy atom. The largest absolute Gasteiger partial charge is 0.497 e. The van der Waals surface area contributed by atoms with E-state index in [0.29, 0.717) is 23.7 Å². The van der Waals surface area contributed by atoms with Crippen LogP contribution in [0.4, 0.5) is 10.5 Å². The van der Waals surface area contributed by atoms with E-state index in [9.17, 15) is 4.79 Å². The van der Waals surface area contributed by atoms with Gasteiger partial charge in [-0.1, -0.05) is 12.1 Å². The predicted molar refractivity (Wildman–Crippen MR) is 115 cm³/mol. The zero-order valence-electron chi connectivity index (χ0n) is 17.3. The highest BCUT2D eigenvalue weighted by atomic mass is 16.5. The predicted octanol–water partition coefficient (Wildman–Crippen LogP) is 4.15. The van der Waals surface area contributed by atoms with Crippen molar-refractivity contribution < 1.29 is 19.0 Å². The van der Waals surface area contributed by atoms with Gasteiger partial charge < -0.3 is 29.0 Å². The summed E-state index contributed by atoms with van der Waals surface area (Å²) in [6, 6.07) is 16.8. The maximum atomic E-state index is 13.3. The maximum Gasteiger partial charge on any atom is 0.322 e. The van der Waals surface area contributed by atoms with Gasteiger partial charge in [-0.3, -0.25) is 0 Å². The number of ether oxygens (including phenoxy) is 3. The average Bonchev–Trinajstić information content (AvgIpc) is 3.27. The Labute approximate surface area is 175 Å². The summed E-state index contributed by atoms with van der Waals surface area (Å²) >= 11 is 0. The van der Waals surface area contributed by atoms with Crippen molar-refractivity contribution in [1.82, 2.24) is 9.47 Å². The van der Waals surface area contributed by atoms with Gasteiger partial charge in [-0.2, -0.15) is 0 Å². The second-order valence-corrected chi connectivity index (χ2v) is 7.00. The van der Waals surface area contributed by atoms with Crippen LogP contribution in [0.5, 0.6) is 17.2 Å². The summed E-state index contributed by atoms with van der Waals surface area (Å²) in [4.78, 5) is 15.2. The van der Waals surface area contributed by atoms with Crippen molar-refractivity contribution in [1.29, 1.82) is 0 Å². The zero-order valence-corrected chi connectivity index (χ0v) is 17.3. The Bertz CT molecular complexity index is 1050. The van der Waals surface area contributed by atoms with Crippen LogP contribution in [0.3, 0.4) is 0 Å². The minimum atomic E-state index is -0.229. The topological polar surface area (TPSA) is 65.0 Å². The Morgan fingerprint density at radius 2 is 1.73 bits per heavy atom. The van der Waals surface area contributed by atoms with E-state index >= 15 is 0 Å². The molecular weight excluding hydrogens is 382 g/mol. The highest BCUT2D eigenvalue weighted by Crippen LogP contribution is 2.35. The van der Waals surface area contributed by atoms with Gasteiger partial charge in [0.05, 0.1) is 33.1 Å². The van der Waals surface area contributed by atoms with Crippen molar-refractivity contribution in [2.45, 2.75) is 12.6 Å². The van der Waals surface area contributed by atoms with Gasteiger partial charge in [0, 0.05) is 31.0 Å². The second-order valence-electron chi connectivity index (χ2n) is 7.00. The molecule has 30 heavy (non-hydrogen) atoms. The van der Waals surface area contributed by atoms with Gasteiger partial charge in [-0.05, 0) is 42.0 Å². The van der Waals surface area contributed by atoms with Crippen molar-refractivity contribution in [3.05, 3.63) is 72.1 Å². The lowest BCUT2D eigenvalue weighted by Crippen LogP contribution is -2.44. The molecule has 7 heteroatoms. The van der Waals surface area contributed by atoms with Crippen LogP contribution in [0, 0.1) is 0 Å². The number of nitrogens with one attached hydrogen (secondary N) is 1. The van der Waals surface area contributed by atoms with Gasteiger partial charge in [0.25, 0.3) is 0 Å². The molecule has 1 atom stereocenters. The molecule has 0 radical (unpaired) electrons. The molecule has 2 aromatic carbocycles. The first kappa shape index (κ1) is 19.7. The van der Waals surface area contributed by atoms with E-state index in [0.717, 1.165) is 23.6 Å². The lowest BCUT2D eigenvalue weighted by Gasteiger charge is -2.37. The molecule has 3 aromatic rings. The standard InChI is InChI=1S/C23H25N3O4/c1-28-17-7-4-6-16(14-17)22-20-8-5-11-25(20)12-13-26(22)23(27)24-19-10-9-18(29-2)15-21(19)30-3/h4-11,14-15,22H,12-13H2,1-3H3,(H,24,27). The van der Waals surface area contributed by atoms with Crippen LogP contribution in [-0.2, 0) is 6.54 Å². The molecule has 1 aromatic heterocycles. The van der Waals surface area contributed by atoms with Crippen LogP contribution < -0.4 is 19.5 Å². The smallest absolute Gasteiger partial charge is 0.322 e. The Morgan fingerprint density at radius 1 is 0.933 bits per heavy atom. The third-order valence-electron chi connectivity index (χ3n) is 5.36. The van der Waals surface area contributed by atoms with Crippen LogP contribution in [0.25, 0.3) is 0 Å². The number of fused-ring (bicyclic) bond motifs is 1. The highest BCUT2D eigenvalue weighted by molar-refractivity contribution is 5.91. The monoisotopic (exact) mass is 407 g/mol. The molecule has 1 aliphatic rings. The Kier molecular flexibility index (Phi) is 5.52. The molecule has 0 fully saturated rings. The number of urea groups is 1. The number of hydrogen-bond donors (Lipinski definition) is 1. The van der Waals surface area contributed by atoms with Crippen LogP contribution in [-0.4, -0.2) is 43.4 Å². The lowest BCUT2D eigenvalue weighted by atomic mass is 10.00. The summed E-state index contributed by atoms with van der Waals surface area (Å²) in [5, 5.41) is 3.00. The van der Waals surface area contributed by atoms with Gasteiger partial charge in [0.2, 0.25) is 0 Å². The third-order valence-corrected chi connectivity index (χ3v) is 5.36. The molecule has 2 heterocycles. The van der Waals surface area contributed by atoms with Crippen LogP contribution in [0.15, 0.2) is 60.8 Å². The summed E-state index contributed by atoms with van der Waals surface area (Å²) in [7, 11) is 4.80. The molecule has 0 aliphatic carbocycles. The Hall–Kier alpha value is -3.61. The fourth-order valence-electron chi connectivity index (χ4n) is 3.85. The fourth-order valence-corrected chi connectivity index (χ4v) is 3.85. The number of carbonyl (C=O) groups excluding carboxylic acids is 1. The van der Waals surface area contributed by atoms with Crippen molar-refractivity contribution >= 4 is 11.7 Å². The van der Waals surface area contributed by atoms with E-state index in [2.05, 4.69) is 16.0 Å². The van der Waals surface area contributed by atoms with E-state index in [4.69, 9.17) is 14.2 Å². The molecule has 156 valence electrons. The maximum absolute atomic E-state index is 13.3. The van der Waals surface area contributed by atoms with Crippen LogP contribution in [0.1, 0.15) is 17.3 Å². The van der Waals surface area contributed by atoms with Gasteiger partial charge in [-0.15, -0.1) is 0 Å². The zero-order chi connectivity index (χ0) is 21.1. The number of methoxy groups -OCH3 is 3. The number of anilines is 1. The molecule has 0 saturated heterocycles. The SMILES string of the molecule is COc1cccc(C2c3cccn3CCN2C(=O)Nc2ccc(OC)cc2OC)c1.